The summed E-state index contributed by atoms with van der Waals surface area (Å²) in [6.45, 7) is 0. The molecule has 3 N–H and O–H groups in total. The summed E-state index contributed by atoms with van der Waals surface area (Å²) in [5, 5.41) is 24.2. The molecule has 1 amide bonds. The Morgan fingerprint density at radius 2 is 2.33 bits per heavy atom. The largest absolute Gasteiger partial charge is 0.375 e. The fourth-order valence-corrected chi connectivity index (χ4v) is 2.17. The Bertz CT molecular complexity index is 750. The summed E-state index contributed by atoms with van der Waals surface area (Å²) in [5.41, 5.74) is 6.02. The molecule has 0 saturated heterocycles. The van der Waals surface area contributed by atoms with Gasteiger partial charge in [0, 0.05) is 17.5 Å². The Balaban J connectivity index is 2.14. The molecule has 2 aromatic rings. The van der Waals surface area contributed by atoms with Gasteiger partial charge < -0.3 is 11.1 Å². The molecule has 1 aromatic heterocycles. The lowest BCUT2D eigenvalue weighted by Gasteiger charge is -2.05. The first-order valence-corrected chi connectivity index (χ1v) is 6.56. The second-order valence-corrected chi connectivity index (χ2v) is 4.89. The van der Waals surface area contributed by atoms with Gasteiger partial charge in [-0.2, -0.15) is 5.26 Å². The molecular formula is C12H9N5O3S. The number of anilines is 2. The molecule has 0 fully saturated rings. The number of nitro benzene ring substituents is 1. The highest BCUT2D eigenvalue weighted by Crippen LogP contribution is 2.21. The highest BCUT2D eigenvalue weighted by atomic mass is 32.1. The summed E-state index contributed by atoms with van der Waals surface area (Å²) in [7, 11) is 0. The molecule has 8 nitrogen and oxygen atoms in total. The number of nitrogens with one attached hydrogen (secondary N) is 1. The number of nitro groups is 1. The van der Waals surface area contributed by atoms with Crippen LogP contribution in [0, 0.1) is 21.4 Å². The van der Waals surface area contributed by atoms with Crippen LogP contribution in [0.5, 0.6) is 0 Å². The number of thiazole rings is 1. The van der Waals surface area contributed by atoms with E-state index in [-0.39, 0.29) is 29.3 Å². The fraction of sp³-hybridized carbons (Fsp3) is 0.0833. The van der Waals surface area contributed by atoms with Crippen molar-refractivity contribution in [2.75, 3.05) is 11.1 Å². The first kappa shape index (κ1) is 14.4. The monoisotopic (exact) mass is 303 g/mol. The Morgan fingerprint density at radius 1 is 1.57 bits per heavy atom. The van der Waals surface area contributed by atoms with Crippen LogP contribution in [-0.2, 0) is 11.2 Å². The van der Waals surface area contributed by atoms with Crippen LogP contribution in [0.4, 0.5) is 16.5 Å². The van der Waals surface area contributed by atoms with Crippen molar-refractivity contribution >= 4 is 33.8 Å². The van der Waals surface area contributed by atoms with Gasteiger partial charge in [-0.3, -0.25) is 14.9 Å². The summed E-state index contributed by atoms with van der Waals surface area (Å²) in [4.78, 5) is 25.8. The van der Waals surface area contributed by atoms with Crippen molar-refractivity contribution in [3.05, 3.63) is 45.0 Å². The zero-order valence-electron chi connectivity index (χ0n) is 10.6. The number of aromatic nitrogens is 1. The van der Waals surface area contributed by atoms with Crippen molar-refractivity contribution in [3.8, 4) is 6.07 Å². The van der Waals surface area contributed by atoms with Gasteiger partial charge in [-0.15, -0.1) is 11.3 Å². The molecule has 21 heavy (non-hydrogen) atoms. The van der Waals surface area contributed by atoms with E-state index in [1.165, 1.54) is 23.5 Å². The number of carbonyl (C=O) groups excluding carboxylic acids is 1. The number of benzene rings is 1. The lowest BCUT2D eigenvalue weighted by atomic mass is 10.1. The number of nitrogens with zero attached hydrogens (tertiary/aromatic N) is 3. The van der Waals surface area contributed by atoms with Crippen LogP contribution >= 0.6 is 11.3 Å². The predicted molar refractivity (Wildman–Crippen MR) is 76.7 cm³/mol. The molecule has 2 rings (SSSR count). The third-order valence-electron chi connectivity index (χ3n) is 2.52. The summed E-state index contributed by atoms with van der Waals surface area (Å²) < 4.78 is 0. The van der Waals surface area contributed by atoms with E-state index in [0.29, 0.717) is 10.8 Å². The molecular weight excluding hydrogens is 294 g/mol. The first-order valence-electron chi connectivity index (χ1n) is 5.68. The van der Waals surface area contributed by atoms with Crippen LogP contribution in [0.1, 0.15) is 11.3 Å². The maximum Gasteiger partial charge on any atom is 0.270 e. The lowest BCUT2D eigenvalue weighted by molar-refractivity contribution is -0.384. The molecule has 0 unspecified atom stereocenters. The van der Waals surface area contributed by atoms with E-state index in [4.69, 9.17) is 11.0 Å². The van der Waals surface area contributed by atoms with Crippen molar-refractivity contribution in [1.29, 1.82) is 5.26 Å². The topological polar surface area (TPSA) is 135 Å². The highest BCUT2D eigenvalue weighted by Gasteiger charge is 2.13. The van der Waals surface area contributed by atoms with Gasteiger partial charge in [-0.1, -0.05) is 0 Å². The number of amides is 1. The minimum Gasteiger partial charge on any atom is -0.375 e. The van der Waals surface area contributed by atoms with Gasteiger partial charge in [0.1, 0.15) is 6.07 Å². The number of nitrogens with two attached hydrogens (primary N) is 1. The second kappa shape index (κ2) is 5.98. The Morgan fingerprint density at radius 3 is 2.90 bits per heavy atom. The zero-order chi connectivity index (χ0) is 15.4. The van der Waals surface area contributed by atoms with Crippen LogP contribution in [0.2, 0.25) is 0 Å². The Labute approximate surface area is 123 Å². The van der Waals surface area contributed by atoms with Gasteiger partial charge in [0.25, 0.3) is 5.69 Å². The normalized spacial score (nSPS) is 9.86. The number of nitriles is 1. The molecule has 0 spiro atoms. The summed E-state index contributed by atoms with van der Waals surface area (Å²) in [6, 6.07) is 5.46. The van der Waals surface area contributed by atoms with E-state index in [9.17, 15) is 14.9 Å². The molecule has 0 atom stereocenters. The van der Waals surface area contributed by atoms with Gasteiger partial charge in [0.15, 0.2) is 5.13 Å². The number of hydrogen-bond acceptors (Lipinski definition) is 7. The van der Waals surface area contributed by atoms with Crippen LogP contribution in [-0.4, -0.2) is 15.8 Å². The average Bonchev–Trinajstić information content (AvgIpc) is 2.84. The molecule has 1 heterocycles. The van der Waals surface area contributed by atoms with Gasteiger partial charge >= 0.3 is 0 Å². The van der Waals surface area contributed by atoms with E-state index in [1.807, 2.05) is 6.07 Å². The van der Waals surface area contributed by atoms with Gasteiger partial charge in [-0.25, -0.2) is 4.98 Å². The van der Waals surface area contributed by atoms with Crippen molar-refractivity contribution < 1.29 is 9.72 Å². The number of non-ortho nitro benzene ring substituents is 1. The maximum atomic E-state index is 11.8. The van der Waals surface area contributed by atoms with Crippen LogP contribution in [0.15, 0.2) is 23.6 Å². The number of hydrogen-bond donors (Lipinski definition) is 2. The van der Waals surface area contributed by atoms with E-state index in [2.05, 4.69) is 10.3 Å². The molecule has 106 valence electrons. The minimum atomic E-state index is -0.607. The Hall–Kier alpha value is -2.99. The van der Waals surface area contributed by atoms with E-state index in [0.717, 1.165) is 6.07 Å². The van der Waals surface area contributed by atoms with Gasteiger partial charge in [0.2, 0.25) is 5.91 Å². The van der Waals surface area contributed by atoms with E-state index in [1.54, 1.807) is 5.38 Å². The fourth-order valence-electron chi connectivity index (χ4n) is 1.61. The third kappa shape index (κ3) is 3.52. The molecule has 0 aliphatic carbocycles. The van der Waals surface area contributed by atoms with Gasteiger partial charge in [0.05, 0.1) is 28.3 Å². The van der Waals surface area contributed by atoms with Crippen LogP contribution in [0.25, 0.3) is 0 Å². The van der Waals surface area contributed by atoms with Crippen LogP contribution < -0.4 is 11.1 Å². The number of rotatable bonds is 4. The number of carbonyl (C=O) groups is 1. The van der Waals surface area contributed by atoms with E-state index >= 15 is 0 Å². The molecule has 0 aliphatic heterocycles. The molecule has 0 aliphatic rings. The number of nitrogen functional groups attached to an aromatic ring is 1. The van der Waals surface area contributed by atoms with Crippen molar-refractivity contribution in [1.82, 2.24) is 4.98 Å². The van der Waals surface area contributed by atoms with Crippen LogP contribution in [0.3, 0.4) is 0 Å². The summed E-state index contributed by atoms with van der Waals surface area (Å²) >= 11 is 1.22. The Kier molecular flexibility index (Phi) is 4.10. The maximum absolute atomic E-state index is 11.8. The lowest BCUT2D eigenvalue weighted by Crippen LogP contribution is -2.15. The third-order valence-corrected chi connectivity index (χ3v) is 3.24. The van der Waals surface area contributed by atoms with Crippen molar-refractivity contribution in [2.24, 2.45) is 0 Å². The zero-order valence-corrected chi connectivity index (χ0v) is 11.4. The molecule has 1 aromatic carbocycles. The molecule has 9 heteroatoms. The molecule has 0 saturated carbocycles. The van der Waals surface area contributed by atoms with Crippen molar-refractivity contribution in [3.63, 3.8) is 0 Å². The average molecular weight is 303 g/mol. The summed E-state index contributed by atoms with van der Waals surface area (Å²) in [5.74, 6) is -0.384. The minimum absolute atomic E-state index is 0.00948. The van der Waals surface area contributed by atoms with Gasteiger partial charge in [-0.05, 0) is 6.07 Å². The standard InChI is InChI=1S/C12H9N5O3S/c13-5-7-3-9(17(19)20)1-2-10(7)16-11(18)4-8-6-21-12(14)15-8/h1-3,6H,4H2,(H2,14,15)(H,16,18). The predicted octanol–water partition coefficient (Wildman–Crippen LogP) is 1.69. The molecule has 0 bridgehead atoms. The quantitative estimate of drug-likeness (QED) is 0.651. The SMILES string of the molecule is N#Cc1cc([N+](=O)[O-])ccc1NC(=O)Cc1csc(N)n1. The first-order chi connectivity index (χ1) is 9.99. The van der Waals surface area contributed by atoms with Crippen molar-refractivity contribution in [2.45, 2.75) is 6.42 Å². The summed E-state index contributed by atoms with van der Waals surface area (Å²) in [6.07, 6.45) is 0.00948. The highest BCUT2D eigenvalue weighted by molar-refractivity contribution is 7.13. The smallest absolute Gasteiger partial charge is 0.270 e. The van der Waals surface area contributed by atoms with E-state index < -0.39 is 4.92 Å². The molecule has 0 radical (unpaired) electrons. The second-order valence-electron chi connectivity index (χ2n) is 4.00.